The molecular formula is C18H19N3O4. The van der Waals surface area contributed by atoms with Crippen LogP contribution in [-0.2, 0) is 24.3 Å². The molecule has 7 nitrogen and oxygen atoms in total. The maximum absolute atomic E-state index is 12.9. The summed E-state index contributed by atoms with van der Waals surface area (Å²) in [6.07, 6.45) is 0.964. The zero-order valence-corrected chi connectivity index (χ0v) is 13.9. The Bertz CT molecular complexity index is 875. The predicted octanol–water partition coefficient (Wildman–Crippen LogP) is 1.31. The zero-order chi connectivity index (χ0) is 18.0. The number of fused-ring (bicyclic) bond motifs is 1. The van der Waals surface area contributed by atoms with E-state index in [1.54, 1.807) is 0 Å². The lowest BCUT2D eigenvalue weighted by Gasteiger charge is -2.34. The van der Waals surface area contributed by atoms with Crippen LogP contribution in [0.5, 0.6) is 0 Å². The van der Waals surface area contributed by atoms with E-state index in [0.29, 0.717) is 13.0 Å². The monoisotopic (exact) mass is 341 g/mol. The third-order valence-corrected chi connectivity index (χ3v) is 4.32. The van der Waals surface area contributed by atoms with Crippen LogP contribution in [0.1, 0.15) is 35.0 Å². The molecule has 1 aliphatic heterocycles. The molecule has 0 fully saturated rings. The van der Waals surface area contributed by atoms with Crippen molar-refractivity contribution in [3.05, 3.63) is 63.6 Å². The van der Waals surface area contributed by atoms with Crippen molar-refractivity contribution in [2.45, 2.75) is 38.9 Å². The maximum Gasteiger partial charge on any atom is 0.326 e. The molecule has 130 valence electrons. The Hall–Kier alpha value is -2.96. The Morgan fingerprint density at radius 1 is 1.20 bits per heavy atom. The summed E-state index contributed by atoms with van der Waals surface area (Å²) in [6.45, 7) is 2.52. The van der Waals surface area contributed by atoms with Crippen LogP contribution < -0.4 is 5.56 Å². The second-order valence-electron chi connectivity index (χ2n) is 6.04. The number of amides is 1. The van der Waals surface area contributed by atoms with Gasteiger partial charge in [0.15, 0.2) is 0 Å². The molecule has 1 unspecified atom stereocenters. The van der Waals surface area contributed by atoms with Crippen LogP contribution in [-0.4, -0.2) is 37.7 Å². The van der Waals surface area contributed by atoms with E-state index in [1.807, 2.05) is 31.2 Å². The van der Waals surface area contributed by atoms with Gasteiger partial charge in [0, 0.05) is 25.6 Å². The molecule has 7 heteroatoms. The van der Waals surface area contributed by atoms with Crippen LogP contribution >= 0.6 is 0 Å². The van der Waals surface area contributed by atoms with Crippen LogP contribution in [0.15, 0.2) is 41.2 Å². The van der Waals surface area contributed by atoms with Crippen molar-refractivity contribution in [3.8, 4) is 0 Å². The first-order chi connectivity index (χ1) is 12.0. The quantitative estimate of drug-likeness (QED) is 0.905. The number of aryl methyl sites for hydroxylation is 1. The average molecular weight is 341 g/mol. The fourth-order valence-electron chi connectivity index (χ4n) is 3.04. The van der Waals surface area contributed by atoms with Gasteiger partial charge in [-0.1, -0.05) is 31.2 Å². The number of nitrogens with zero attached hydrogens (tertiary/aromatic N) is 3. The van der Waals surface area contributed by atoms with Gasteiger partial charge in [-0.2, -0.15) is 5.10 Å². The molecule has 0 saturated carbocycles. The summed E-state index contributed by atoms with van der Waals surface area (Å²) >= 11 is 0. The van der Waals surface area contributed by atoms with Gasteiger partial charge in [0.1, 0.15) is 11.7 Å². The highest BCUT2D eigenvalue weighted by Crippen LogP contribution is 2.24. The molecule has 1 atom stereocenters. The number of hydrogen-bond acceptors (Lipinski definition) is 4. The lowest BCUT2D eigenvalue weighted by molar-refractivity contribution is -0.142. The summed E-state index contributed by atoms with van der Waals surface area (Å²) in [5.41, 5.74) is 1.66. The number of aromatic nitrogens is 2. The number of carboxylic acid groups (broad SMARTS) is 1. The molecule has 25 heavy (non-hydrogen) atoms. The van der Waals surface area contributed by atoms with E-state index in [1.165, 1.54) is 21.7 Å². The number of benzene rings is 1. The smallest absolute Gasteiger partial charge is 0.326 e. The van der Waals surface area contributed by atoms with Crippen molar-refractivity contribution < 1.29 is 14.7 Å². The first kappa shape index (κ1) is 16.9. The van der Waals surface area contributed by atoms with Gasteiger partial charge in [-0.25, -0.2) is 9.48 Å². The number of aliphatic carboxylic acids is 1. The third-order valence-electron chi connectivity index (χ3n) is 4.32. The molecule has 1 aromatic heterocycles. The molecule has 3 rings (SSSR count). The van der Waals surface area contributed by atoms with Gasteiger partial charge < -0.3 is 10.0 Å². The molecule has 1 aromatic carbocycles. The van der Waals surface area contributed by atoms with E-state index >= 15 is 0 Å². The zero-order valence-electron chi connectivity index (χ0n) is 13.9. The van der Waals surface area contributed by atoms with E-state index in [2.05, 4.69) is 5.10 Å². The minimum atomic E-state index is -1.05. The summed E-state index contributed by atoms with van der Waals surface area (Å²) in [5.74, 6) is -1.53. The summed E-state index contributed by atoms with van der Waals surface area (Å²) in [4.78, 5) is 37.6. The SMILES string of the molecule is CCCn1nc(C(=O)N2Cc3ccccc3CC2C(=O)O)ccc1=O. The first-order valence-electron chi connectivity index (χ1n) is 8.20. The minimum absolute atomic E-state index is 0.0821. The Morgan fingerprint density at radius 3 is 2.60 bits per heavy atom. The van der Waals surface area contributed by atoms with Crippen LogP contribution in [0, 0.1) is 0 Å². The number of hydrogen-bond donors (Lipinski definition) is 1. The van der Waals surface area contributed by atoms with Gasteiger partial charge in [-0.05, 0) is 23.6 Å². The highest BCUT2D eigenvalue weighted by molar-refractivity contribution is 5.95. The number of rotatable bonds is 4. The minimum Gasteiger partial charge on any atom is -0.480 e. The first-order valence-corrected chi connectivity index (χ1v) is 8.20. The van der Waals surface area contributed by atoms with Crippen molar-refractivity contribution >= 4 is 11.9 Å². The average Bonchev–Trinajstić information content (AvgIpc) is 2.62. The fraction of sp³-hybridized carbons (Fsp3) is 0.333. The third kappa shape index (κ3) is 3.31. The van der Waals surface area contributed by atoms with Gasteiger partial charge >= 0.3 is 5.97 Å². The molecular weight excluding hydrogens is 322 g/mol. The number of carbonyl (C=O) groups excluding carboxylic acids is 1. The van der Waals surface area contributed by atoms with E-state index in [4.69, 9.17) is 0 Å². The lowest BCUT2D eigenvalue weighted by atomic mass is 9.93. The van der Waals surface area contributed by atoms with Gasteiger partial charge in [0.2, 0.25) is 0 Å². The van der Waals surface area contributed by atoms with Gasteiger partial charge in [0.25, 0.3) is 11.5 Å². The van der Waals surface area contributed by atoms with Crippen LogP contribution in [0.25, 0.3) is 0 Å². The van der Waals surface area contributed by atoms with E-state index < -0.39 is 17.9 Å². The summed E-state index contributed by atoms with van der Waals surface area (Å²) in [5, 5.41) is 13.7. The maximum atomic E-state index is 12.9. The molecule has 0 bridgehead atoms. The molecule has 1 amide bonds. The van der Waals surface area contributed by atoms with Crippen molar-refractivity contribution in [1.82, 2.24) is 14.7 Å². The highest BCUT2D eigenvalue weighted by atomic mass is 16.4. The fourth-order valence-corrected chi connectivity index (χ4v) is 3.04. The van der Waals surface area contributed by atoms with Crippen LogP contribution in [0.4, 0.5) is 0 Å². The van der Waals surface area contributed by atoms with Gasteiger partial charge in [0.05, 0.1) is 0 Å². The lowest BCUT2D eigenvalue weighted by Crippen LogP contribution is -2.49. The van der Waals surface area contributed by atoms with Crippen LogP contribution in [0.3, 0.4) is 0 Å². The van der Waals surface area contributed by atoms with Crippen molar-refractivity contribution in [2.24, 2.45) is 0 Å². The topological polar surface area (TPSA) is 92.5 Å². The number of carbonyl (C=O) groups is 2. The Balaban J connectivity index is 1.96. The van der Waals surface area contributed by atoms with Gasteiger partial charge in [-0.15, -0.1) is 0 Å². The Kier molecular flexibility index (Phi) is 4.65. The Labute approximate surface area is 144 Å². The molecule has 0 spiro atoms. The largest absolute Gasteiger partial charge is 0.480 e. The molecule has 2 aromatic rings. The summed E-state index contributed by atoms with van der Waals surface area (Å²) in [6, 6.07) is 9.20. The highest BCUT2D eigenvalue weighted by Gasteiger charge is 2.35. The van der Waals surface area contributed by atoms with E-state index in [0.717, 1.165) is 11.1 Å². The van der Waals surface area contributed by atoms with Gasteiger partial charge in [-0.3, -0.25) is 9.59 Å². The normalized spacial score (nSPS) is 16.4. The second-order valence-corrected chi connectivity index (χ2v) is 6.04. The summed E-state index contributed by atoms with van der Waals surface area (Å²) in [7, 11) is 0. The number of carboxylic acids is 1. The standard InChI is InChI=1S/C18H19N3O4/c1-2-9-21-16(22)8-7-14(19-21)17(23)20-11-13-6-4-3-5-12(13)10-15(20)18(24)25/h3-8,15H,2,9-11H2,1H3,(H,24,25). The predicted molar refractivity (Wildman–Crippen MR) is 90.2 cm³/mol. The Morgan fingerprint density at radius 2 is 1.92 bits per heavy atom. The molecule has 2 heterocycles. The molecule has 0 saturated heterocycles. The molecule has 0 radical (unpaired) electrons. The van der Waals surface area contributed by atoms with E-state index in [-0.39, 0.29) is 24.2 Å². The summed E-state index contributed by atoms with van der Waals surface area (Å²) < 4.78 is 1.24. The van der Waals surface area contributed by atoms with Crippen molar-refractivity contribution in [2.75, 3.05) is 0 Å². The molecule has 1 aliphatic rings. The van der Waals surface area contributed by atoms with Crippen molar-refractivity contribution in [1.29, 1.82) is 0 Å². The molecule has 1 N–H and O–H groups in total. The van der Waals surface area contributed by atoms with E-state index in [9.17, 15) is 19.5 Å². The second kappa shape index (κ2) is 6.88. The van der Waals surface area contributed by atoms with Crippen molar-refractivity contribution in [3.63, 3.8) is 0 Å². The molecule has 0 aliphatic carbocycles. The van der Waals surface area contributed by atoms with Crippen LogP contribution in [0.2, 0.25) is 0 Å².